The van der Waals surface area contributed by atoms with Crippen LogP contribution in [-0.2, 0) is 4.79 Å². The molecule has 0 radical (unpaired) electrons. The molecule has 1 aliphatic heterocycles. The van der Waals surface area contributed by atoms with Gasteiger partial charge in [-0.1, -0.05) is 12.1 Å². The van der Waals surface area contributed by atoms with E-state index >= 15 is 0 Å². The summed E-state index contributed by atoms with van der Waals surface area (Å²) in [5.74, 6) is 1.10. The summed E-state index contributed by atoms with van der Waals surface area (Å²) in [7, 11) is 1.57. The average molecular weight is 479 g/mol. The first-order valence-electron chi connectivity index (χ1n) is 12.1. The molecule has 0 bridgehead atoms. The summed E-state index contributed by atoms with van der Waals surface area (Å²) >= 11 is 0. The fourth-order valence-electron chi connectivity index (χ4n) is 4.30. The average Bonchev–Trinajstić information content (AvgIpc) is 2.91. The summed E-state index contributed by atoms with van der Waals surface area (Å²) in [6, 6.07) is 15.7. The van der Waals surface area contributed by atoms with E-state index in [-0.39, 0.29) is 11.8 Å². The smallest absolute Gasteiger partial charge is 0.254 e. The van der Waals surface area contributed by atoms with Crippen LogP contribution < -0.4 is 9.47 Å². The van der Waals surface area contributed by atoms with Crippen molar-refractivity contribution in [3.63, 3.8) is 0 Å². The van der Waals surface area contributed by atoms with E-state index < -0.39 is 6.04 Å². The molecule has 0 spiro atoms. The van der Waals surface area contributed by atoms with Crippen LogP contribution in [-0.4, -0.2) is 85.5 Å². The highest BCUT2D eigenvalue weighted by Crippen LogP contribution is 2.20. The fraction of sp³-hybridized carbons (Fsp3) is 0.444. The number of hydrogen-bond donors (Lipinski definition) is 0. The maximum atomic E-state index is 13.4. The Kier molecular flexibility index (Phi) is 9.50. The Morgan fingerprint density at radius 1 is 1.09 bits per heavy atom. The Labute approximate surface area is 207 Å². The summed E-state index contributed by atoms with van der Waals surface area (Å²) in [4.78, 5) is 32.5. The van der Waals surface area contributed by atoms with Crippen molar-refractivity contribution in [2.24, 2.45) is 0 Å². The third-order valence-corrected chi connectivity index (χ3v) is 6.25. The van der Waals surface area contributed by atoms with Crippen LogP contribution in [0.3, 0.4) is 0 Å². The first kappa shape index (κ1) is 26.0. The second kappa shape index (κ2) is 12.8. The van der Waals surface area contributed by atoms with Crippen LogP contribution >= 0.6 is 0 Å². The summed E-state index contributed by atoms with van der Waals surface area (Å²) in [5.41, 5.74) is 1.08. The first-order valence-corrected chi connectivity index (χ1v) is 12.1. The van der Waals surface area contributed by atoms with Gasteiger partial charge in [-0.25, -0.2) is 0 Å². The number of nitriles is 1. The SMILES string of the molecule is CCN(CC)C(=O)C1CN(CCCOc2cccc(C#N)c2)CCN1C(=O)c1cccc(OC)c1. The van der Waals surface area contributed by atoms with Gasteiger partial charge in [-0.2, -0.15) is 5.26 Å². The molecule has 1 unspecified atom stereocenters. The molecule has 2 aromatic carbocycles. The summed E-state index contributed by atoms with van der Waals surface area (Å²) in [6.07, 6.45) is 0.771. The van der Waals surface area contributed by atoms with Crippen LogP contribution in [0.4, 0.5) is 0 Å². The lowest BCUT2D eigenvalue weighted by Gasteiger charge is -2.42. The number of carbonyl (C=O) groups is 2. The van der Waals surface area contributed by atoms with Gasteiger partial charge in [0, 0.05) is 44.8 Å². The largest absolute Gasteiger partial charge is 0.497 e. The Balaban J connectivity index is 1.65. The molecule has 8 nitrogen and oxygen atoms in total. The van der Waals surface area contributed by atoms with Crippen LogP contribution in [0.15, 0.2) is 48.5 Å². The Morgan fingerprint density at radius 3 is 2.54 bits per heavy atom. The second-order valence-electron chi connectivity index (χ2n) is 8.40. The number of likely N-dealkylation sites (N-methyl/N-ethyl adjacent to an activating group) is 1. The zero-order valence-corrected chi connectivity index (χ0v) is 20.8. The van der Waals surface area contributed by atoms with Crippen LogP contribution in [0.25, 0.3) is 0 Å². The predicted octanol–water partition coefficient (Wildman–Crippen LogP) is 3.03. The van der Waals surface area contributed by atoms with Gasteiger partial charge < -0.3 is 19.3 Å². The Morgan fingerprint density at radius 2 is 1.83 bits per heavy atom. The van der Waals surface area contributed by atoms with Gasteiger partial charge in [0.25, 0.3) is 5.91 Å². The van der Waals surface area contributed by atoms with Crippen molar-refractivity contribution in [1.82, 2.24) is 14.7 Å². The van der Waals surface area contributed by atoms with Crippen LogP contribution in [0.5, 0.6) is 11.5 Å². The van der Waals surface area contributed by atoms with Gasteiger partial charge in [0.05, 0.1) is 25.3 Å². The molecule has 2 aromatic rings. The number of amides is 2. The summed E-state index contributed by atoms with van der Waals surface area (Å²) < 4.78 is 11.1. The van der Waals surface area contributed by atoms with E-state index in [4.69, 9.17) is 14.7 Å². The molecule has 8 heteroatoms. The normalized spacial score (nSPS) is 15.8. The number of piperazine rings is 1. The van der Waals surface area contributed by atoms with Crippen molar-refractivity contribution in [3.05, 3.63) is 59.7 Å². The van der Waals surface area contributed by atoms with Gasteiger partial charge >= 0.3 is 0 Å². The summed E-state index contributed by atoms with van der Waals surface area (Å²) in [5, 5.41) is 9.03. The van der Waals surface area contributed by atoms with E-state index in [1.165, 1.54) is 0 Å². The number of hydrogen-bond acceptors (Lipinski definition) is 6. The van der Waals surface area contributed by atoms with Crippen molar-refractivity contribution < 1.29 is 19.1 Å². The number of methoxy groups -OCH3 is 1. The molecule has 3 rings (SSSR count). The number of nitrogens with zero attached hydrogens (tertiary/aromatic N) is 4. The minimum atomic E-state index is -0.546. The molecule has 1 heterocycles. The molecule has 1 atom stereocenters. The molecule has 0 aliphatic carbocycles. The maximum Gasteiger partial charge on any atom is 0.254 e. The van der Waals surface area contributed by atoms with Gasteiger partial charge in [-0.15, -0.1) is 0 Å². The highest BCUT2D eigenvalue weighted by Gasteiger charge is 2.37. The van der Waals surface area contributed by atoms with E-state index in [0.29, 0.717) is 62.0 Å². The summed E-state index contributed by atoms with van der Waals surface area (Å²) in [6.45, 7) is 8.00. The Bertz CT molecular complexity index is 1050. The molecule has 0 saturated carbocycles. The van der Waals surface area contributed by atoms with E-state index in [1.54, 1.807) is 59.4 Å². The standard InChI is InChI=1S/C27H34N4O4/c1-4-30(5-2)27(33)25-20-29(13-8-16-35-24-12-6-9-21(17-24)19-28)14-15-31(25)26(32)22-10-7-11-23(18-22)34-3/h6-7,9-12,17-18,25H,4-5,8,13-16,20H2,1-3H3. The number of rotatable bonds is 10. The lowest BCUT2D eigenvalue weighted by molar-refractivity contribution is -0.137. The quantitative estimate of drug-likeness (QED) is 0.488. The van der Waals surface area contributed by atoms with E-state index in [0.717, 1.165) is 13.0 Å². The van der Waals surface area contributed by atoms with Crippen molar-refractivity contribution in [2.75, 3.05) is 53.0 Å². The molecular formula is C27H34N4O4. The van der Waals surface area contributed by atoms with E-state index in [1.807, 2.05) is 19.9 Å². The number of benzene rings is 2. The fourth-order valence-corrected chi connectivity index (χ4v) is 4.30. The third kappa shape index (κ3) is 6.74. The minimum absolute atomic E-state index is 0.0273. The topological polar surface area (TPSA) is 86.1 Å². The molecule has 2 amide bonds. The van der Waals surface area contributed by atoms with E-state index in [9.17, 15) is 9.59 Å². The van der Waals surface area contributed by atoms with Gasteiger partial charge in [0.15, 0.2) is 0 Å². The van der Waals surface area contributed by atoms with Crippen LogP contribution in [0, 0.1) is 11.3 Å². The molecule has 0 N–H and O–H groups in total. The second-order valence-corrected chi connectivity index (χ2v) is 8.40. The number of ether oxygens (including phenoxy) is 2. The zero-order valence-electron chi connectivity index (χ0n) is 20.8. The lowest BCUT2D eigenvalue weighted by Crippen LogP contribution is -2.61. The molecule has 0 aromatic heterocycles. The van der Waals surface area contributed by atoms with Crippen molar-refractivity contribution >= 4 is 11.8 Å². The maximum absolute atomic E-state index is 13.4. The van der Waals surface area contributed by atoms with Gasteiger partial charge in [0.1, 0.15) is 17.5 Å². The minimum Gasteiger partial charge on any atom is -0.497 e. The van der Waals surface area contributed by atoms with E-state index in [2.05, 4.69) is 11.0 Å². The lowest BCUT2D eigenvalue weighted by atomic mass is 10.1. The van der Waals surface area contributed by atoms with Gasteiger partial charge in [-0.05, 0) is 56.7 Å². The molecular weight excluding hydrogens is 444 g/mol. The number of carbonyl (C=O) groups excluding carboxylic acids is 2. The molecule has 1 saturated heterocycles. The monoisotopic (exact) mass is 478 g/mol. The van der Waals surface area contributed by atoms with Crippen molar-refractivity contribution in [2.45, 2.75) is 26.3 Å². The van der Waals surface area contributed by atoms with Crippen LogP contribution in [0.2, 0.25) is 0 Å². The van der Waals surface area contributed by atoms with Crippen molar-refractivity contribution in [3.8, 4) is 17.6 Å². The molecule has 186 valence electrons. The van der Waals surface area contributed by atoms with Gasteiger partial charge in [0.2, 0.25) is 5.91 Å². The molecule has 35 heavy (non-hydrogen) atoms. The predicted molar refractivity (Wildman–Crippen MR) is 133 cm³/mol. The van der Waals surface area contributed by atoms with Crippen LogP contribution in [0.1, 0.15) is 36.2 Å². The van der Waals surface area contributed by atoms with Crippen molar-refractivity contribution in [1.29, 1.82) is 5.26 Å². The molecule has 1 fully saturated rings. The Hall–Kier alpha value is -3.57. The third-order valence-electron chi connectivity index (χ3n) is 6.25. The highest BCUT2D eigenvalue weighted by atomic mass is 16.5. The molecule has 1 aliphatic rings. The first-order chi connectivity index (χ1) is 17.0. The highest BCUT2D eigenvalue weighted by molar-refractivity contribution is 5.98. The zero-order chi connectivity index (χ0) is 25.2. The van der Waals surface area contributed by atoms with Gasteiger partial charge in [-0.3, -0.25) is 14.5 Å².